The summed E-state index contributed by atoms with van der Waals surface area (Å²) in [6.07, 6.45) is -2.39. The van der Waals surface area contributed by atoms with Crippen molar-refractivity contribution < 1.29 is 19.1 Å². The zero-order valence-corrected chi connectivity index (χ0v) is 14.5. The van der Waals surface area contributed by atoms with E-state index in [4.69, 9.17) is 1.37 Å². The van der Waals surface area contributed by atoms with E-state index < -0.39 is 19.8 Å². The number of rotatable bonds is 2. The van der Waals surface area contributed by atoms with Crippen LogP contribution < -0.4 is 9.75 Å². The predicted octanol–water partition coefficient (Wildman–Crippen LogP) is 4.05. The normalized spacial score (nSPS) is 13.2. The number of halogens is 3. The van der Waals surface area contributed by atoms with Crippen LogP contribution >= 0.6 is 0 Å². The van der Waals surface area contributed by atoms with Gasteiger partial charge in [0.05, 0.1) is 15.0 Å². The van der Waals surface area contributed by atoms with E-state index in [1.54, 1.807) is 13.0 Å². The Kier molecular flexibility index (Phi) is 3.85. The van der Waals surface area contributed by atoms with Crippen molar-refractivity contribution in [3.8, 4) is 11.3 Å². The largest absolute Gasteiger partial charge is 0.416 e. The molecule has 0 radical (unpaired) electrons. The fourth-order valence-electron chi connectivity index (χ4n) is 2.35. The zero-order valence-electron chi connectivity index (χ0n) is 14.5. The van der Waals surface area contributed by atoms with Gasteiger partial charge in [0.15, 0.2) is 6.20 Å². The molecule has 2 rings (SSSR count). The molecule has 1 aromatic carbocycles. The maximum absolute atomic E-state index is 12.8. The number of nitrogens with zero attached hydrogens (tertiary/aromatic N) is 1. The first-order valence-electron chi connectivity index (χ1n) is 7.60. The molecule has 0 spiro atoms. The Bertz CT molecular complexity index is 749. The van der Waals surface area contributed by atoms with E-state index in [-0.39, 0.29) is 0 Å². The van der Waals surface area contributed by atoms with Crippen LogP contribution in [0.5, 0.6) is 0 Å². The molecule has 0 atom stereocenters. The second-order valence-corrected chi connectivity index (χ2v) is 11.6. The maximum Gasteiger partial charge on any atom is 0.416 e. The zero-order chi connectivity index (χ0) is 17.6. The molecule has 0 saturated heterocycles. The average molecular weight is 325 g/mol. The highest BCUT2D eigenvalue weighted by Gasteiger charge is 2.31. The Morgan fingerprint density at radius 3 is 2.27 bits per heavy atom. The third kappa shape index (κ3) is 3.40. The Morgan fingerprint density at radius 2 is 1.77 bits per heavy atom. The molecule has 22 heavy (non-hydrogen) atoms. The summed E-state index contributed by atoms with van der Waals surface area (Å²) in [6, 6.07) is 5.95. The molecule has 1 aromatic heterocycles. The molecule has 0 aliphatic carbocycles. The summed E-state index contributed by atoms with van der Waals surface area (Å²) in [4.78, 5) is 0. The Hall–Kier alpha value is -1.62. The molecule has 0 unspecified atom stereocenters. The van der Waals surface area contributed by atoms with E-state index in [2.05, 4.69) is 19.6 Å². The van der Waals surface area contributed by atoms with Crippen LogP contribution in [-0.4, -0.2) is 8.07 Å². The number of alkyl halides is 3. The second kappa shape index (κ2) is 5.54. The van der Waals surface area contributed by atoms with Gasteiger partial charge >= 0.3 is 6.18 Å². The minimum absolute atomic E-state index is 0.455. The fraction of sp³-hybridized carbons (Fsp3) is 0.353. The Labute approximate surface area is 131 Å². The van der Waals surface area contributed by atoms with Gasteiger partial charge in [-0.05, 0) is 30.7 Å². The smallest absolute Gasteiger partial charge is 0.201 e. The molecule has 1 nitrogen and oxygen atoms in total. The summed E-state index contributed by atoms with van der Waals surface area (Å²) in [6.45, 7) is 8.18. The number of aromatic nitrogens is 1. The van der Waals surface area contributed by atoms with Crippen LogP contribution in [0.3, 0.4) is 0 Å². The molecule has 1 heterocycles. The van der Waals surface area contributed by atoms with Crippen molar-refractivity contribution in [3.63, 3.8) is 0 Å². The second-order valence-electron chi connectivity index (χ2n) is 6.61. The van der Waals surface area contributed by atoms with Gasteiger partial charge in [-0.1, -0.05) is 25.7 Å². The molecular formula is C17H21F3NSi+. The topological polar surface area (TPSA) is 3.88 Å². The number of hydrogen-bond donors (Lipinski definition) is 0. The van der Waals surface area contributed by atoms with Crippen LogP contribution in [0.1, 0.15) is 12.5 Å². The molecule has 118 valence electrons. The minimum atomic E-state index is -4.34. The van der Waals surface area contributed by atoms with Crippen LogP contribution in [0.25, 0.3) is 11.3 Å². The molecule has 0 bridgehead atoms. The first kappa shape index (κ1) is 15.3. The van der Waals surface area contributed by atoms with Gasteiger partial charge in [0, 0.05) is 16.8 Å². The van der Waals surface area contributed by atoms with E-state index in [1.165, 1.54) is 6.07 Å². The van der Waals surface area contributed by atoms with Crippen molar-refractivity contribution in [1.29, 1.82) is 0 Å². The molecule has 0 amide bonds. The van der Waals surface area contributed by atoms with Crippen molar-refractivity contribution in [2.24, 2.45) is 7.05 Å². The van der Waals surface area contributed by atoms with Gasteiger partial charge in [0.25, 0.3) is 0 Å². The molecule has 0 saturated carbocycles. The molecule has 0 aliphatic heterocycles. The van der Waals surface area contributed by atoms with Crippen molar-refractivity contribution in [1.82, 2.24) is 0 Å². The first-order valence-corrected chi connectivity index (χ1v) is 10.6. The lowest BCUT2D eigenvalue weighted by atomic mass is 10.0. The molecule has 0 aliphatic rings. The van der Waals surface area contributed by atoms with Gasteiger partial charge in [-0.2, -0.15) is 13.2 Å². The summed E-state index contributed by atoms with van der Waals surface area (Å²) in [7, 11) is 0.233. The van der Waals surface area contributed by atoms with Gasteiger partial charge in [-0.15, -0.1) is 0 Å². The van der Waals surface area contributed by atoms with Crippen LogP contribution in [-0.2, 0) is 13.2 Å². The quantitative estimate of drug-likeness (QED) is 0.579. The first-order chi connectivity index (χ1) is 10.4. The molecule has 2 aromatic rings. The third-order valence-corrected chi connectivity index (χ3v) is 5.59. The number of aryl methyl sites for hydroxylation is 2. The predicted molar refractivity (Wildman–Crippen MR) is 85.8 cm³/mol. The number of hydrogen-bond acceptors (Lipinski definition) is 0. The van der Waals surface area contributed by atoms with Gasteiger partial charge in [0.1, 0.15) is 7.05 Å². The van der Waals surface area contributed by atoms with Crippen molar-refractivity contribution in [2.75, 3.05) is 0 Å². The van der Waals surface area contributed by atoms with E-state index in [0.29, 0.717) is 11.6 Å². The lowest BCUT2D eigenvalue weighted by Crippen LogP contribution is -2.44. The highest BCUT2D eigenvalue weighted by molar-refractivity contribution is 6.88. The van der Waals surface area contributed by atoms with E-state index >= 15 is 0 Å². The van der Waals surface area contributed by atoms with E-state index in [9.17, 15) is 13.2 Å². The summed E-state index contributed by atoms with van der Waals surface area (Å²) in [5, 5.41) is 1.04. The SMILES string of the molecule is [2H]c1cc(-c2ccc(C(F)(F)F)cc2C)[n+](C)cc1[Si](C)(C)C. The number of benzene rings is 1. The summed E-state index contributed by atoms with van der Waals surface area (Å²) in [5.74, 6) is 0. The standard InChI is InChI=1S/C17H21F3NSi/c1-12-10-13(17(18,19)20)6-8-15(12)16-9-7-14(11-21(16)2)22(3,4)5/h6-11H,1-5H3/q+1/i7D. The van der Waals surface area contributed by atoms with Gasteiger partial charge < -0.3 is 0 Å². The van der Waals surface area contributed by atoms with Crippen molar-refractivity contribution >= 4 is 13.3 Å². The molecular weight excluding hydrogens is 303 g/mol. The monoisotopic (exact) mass is 325 g/mol. The highest BCUT2D eigenvalue weighted by Crippen LogP contribution is 2.32. The van der Waals surface area contributed by atoms with Crippen molar-refractivity contribution in [3.05, 3.63) is 47.6 Å². The van der Waals surface area contributed by atoms with Gasteiger partial charge in [-0.3, -0.25) is 0 Å². The Balaban J connectivity index is 2.58. The summed E-state index contributed by atoms with van der Waals surface area (Å²) < 4.78 is 48.6. The maximum atomic E-state index is 12.8. The van der Waals surface area contributed by atoms with Gasteiger partial charge in [-0.25, -0.2) is 4.57 Å². The van der Waals surface area contributed by atoms with E-state index in [1.807, 2.05) is 17.8 Å². The average Bonchev–Trinajstić information content (AvgIpc) is 2.39. The molecule has 5 heteroatoms. The highest BCUT2D eigenvalue weighted by atomic mass is 28.3. The fourth-order valence-corrected chi connectivity index (χ4v) is 3.44. The number of pyridine rings is 1. The van der Waals surface area contributed by atoms with Gasteiger partial charge in [0.2, 0.25) is 5.69 Å². The lowest BCUT2D eigenvalue weighted by molar-refractivity contribution is -0.659. The summed E-state index contributed by atoms with van der Waals surface area (Å²) >= 11 is 0. The summed E-state index contributed by atoms with van der Waals surface area (Å²) in [5.41, 5.74) is 1.38. The third-order valence-electron chi connectivity index (χ3n) is 3.70. The van der Waals surface area contributed by atoms with Crippen LogP contribution in [0, 0.1) is 6.92 Å². The van der Waals surface area contributed by atoms with Crippen molar-refractivity contribution in [2.45, 2.75) is 32.7 Å². The minimum Gasteiger partial charge on any atom is -0.201 e. The molecule has 0 N–H and O–H groups in total. The van der Waals surface area contributed by atoms with Crippen LogP contribution in [0.15, 0.2) is 36.5 Å². The lowest BCUT2D eigenvalue weighted by Gasteiger charge is -2.15. The Morgan fingerprint density at radius 1 is 1.14 bits per heavy atom. The molecule has 0 fully saturated rings. The van der Waals surface area contributed by atoms with E-state index in [0.717, 1.165) is 28.6 Å². The van der Waals surface area contributed by atoms with Crippen LogP contribution in [0.4, 0.5) is 13.2 Å². The van der Waals surface area contributed by atoms with Crippen LogP contribution in [0.2, 0.25) is 19.6 Å².